The number of piperidine rings is 1. The van der Waals surface area contributed by atoms with Gasteiger partial charge in [0.1, 0.15) is 16.9 Å². The van der Waals surface area contributed by atoms with Gasteiger partial charge in [-0.1, -0.05) is 6.07 Å². The average Bonchev–Trinajstić information content (AvgIpc) is 3.17. The second-order valence-corrected chi connectivity index (χ2v) is 6.33. The summed E-state index contributed by atoms with van der Waals surface area (Å²) in [6.07, 6.45) is 5.32. The van der Waals surface area contributed by atoms with Gasteiger partial charge in [0.2, 0.25) is 0 Å². The lowest BCUT2D eigenvalue weighted by Gasteiger charge is -2.37. The first kappa shape index (κ1) is 14.3. The minimum Gasteiger partial charge on any atom is -0.382 e. The first-order valence-corrected chi connectivity index (χ1v) is 7.89. The Morgan fingerprint density at radius 3 is 3.09 bits per heavy atom. The third-order valence-corrected chi connectivity index (χ3v) is 4.57. The molecule has 4 heterocycles. The minimum absolute atomic E-state index is 0.548. The molecule has 1 aliphatic heterocycles. The summed E-state index contributed by atoms with van der Waals surface area (Å²) in [7, 11) is 0. The zero-order valence-corrected chi connectivity index (χ0v) is 13.1. The standard InChI is InChI=1S/C16H20N6O/c1-12-4-2-5-15-18-13(10-22(12)15)9-21-7-3-6-16(23,11-21)14-8-17-20-19-14/h2,4-5,8,10,23H,3,6-7,9,11H2,1H3,(H,17,19,20). The smallest absolute Gasteiger partial charge is 0.137 e. The molecule has 0 aromatic carbocycles. The van der Waals surface area contributed by atoms with Crippen molar-refractivity contribution in [1.82, 2.24) is 29.7 Å². The van der Waals surface area contributed by atoms with Crippen molar-refractivity contribution in [3.63, 3.8) is 0 Å². The number of nitrogens with zero attached hydrogens (tertiary/aromatic N) is 5. The Kier molecular flexibility index (Phi) is 3.39. The fourth-order valence-electron chi connectivity index (χ4n) is 3.40. The van der Waals surface area contributed by atoms with Gasteiger partial charge in [-0.15, -0.1) is 0 Å². The van der Waals surface area contributed by atoms with Gasteiger partial charge in [0.25, 0.3) is 0 Å². The largest absolute Gasteiger partial charge is 0.382 e. The van der Waals surface area contributed by atoms with Gasteiger partial charge in [-0.05, 0) is 38.4 Å². The molecule has 1 unspecified atom stereocenters. The molecule has 1 fully saturated rings. The summed E-state index contributed by atoms with van der Waals surface area (Å²) in [5, 5.41) is 21.3. The Morgan fingerprint density at radius 1 is 1.39 bits per heavy atom. The van der Waals surface area contributed by atoms with Gasteiger partial charge in [0.05, 0.1) is 11.9 Å². The molecule has 3 aromatic rings. The predicted octanol–water partition coefficient (Wildman–Crippen LogP) is 1.24. The van der Waals surface area contributed by atoms with Crippen molar-refractivity contribution < 1.29 is 5.11 Å². The first-order chi connectivity index (χ1) is 11.1. The number of pyridine rings is 1. The lowest BCUT2D eigenvalue weighted by atomic mass is 9.90. The predicted molar refractivity (Wildman–Crippen MR) is 84.7 cm³/mol. The van der Waals surface area contributed by atoms with Crippen LogP contribution in [0.3, 0.4) is 0 Å². The number of rotatable bonds is 3. The van der Waals surface area contributed by atoms with Gasteiger partial charge in [-0.2, -0.15) is 15.4 Å². The molecule has 23 heavy (non-hydrogen) atoms. The molecule has 7 nitrogen and oxygen atoms in total. The molecule has 1 atom stereocenters. The maximum absolute atomic E-state index is 10.9. The van der Waals surface area contributed by atoms with Gasteiger partial charge in [0, 0.05) is 25.0 Å². The van der Waals surface area contributed by atoms with Gasteiger partial charge in [-0.3, -0.25) is 4.90 Å². The number of nitrogens with one attached hydrogen (secondary N) is 1. The molecule has 120 valence electrons. The molecule has 2 N–H and O–H groups in total. The quantitative estimate of drug-likeness (QED) is 0.760. The van der Waals surface area contributed by atoms with Gasteiger partial charge < -0.3 is 9.51 Å². The van der Waals surface area contributed by atoms with E-state index in [9.17, 15) is 5.11 Å². The van der Waals surface area contributed by atoms with Crippen LogP contribution >= 0.6 is 0 Å². The Balaban J connectivity index is 1.55. The topological polar surface area (TPSA) is 82.3 Å². The third kappa shape index (κ3) is 2.62. The number of aryl methyl sites for hydroxylation is 1. The Bertz CT molecular complexity index is 811. The van der Waals surface area contributed by atoms with E-state index < -0.39 is 5.60 Å². The second kappa shape index (κ2) is 5.43. The normalized spacial score (nSPS) is 22.7. The molecule has 0 amide bonds. The number of aromatic nitrogens is 5. The summed E-state index contributed by atoms with van der Waals surface area (Å²) < 4.78 is 2.10. The molecular formula is C16H20N6O. The van der Waals surface area contributed by atoms with Crippen molar-refractivity contribution in [3.05, 3.63) is 47.7 Å². The number of hydrogen-bond acceptors (Lipinski definition) is 5. The van der Waals surface area contributed by atoms with Crippen molar-refractivity contribution in [2.75, 3.05) is 13.1 Å². The first-order valence-electron chi connectivity index (χ1n) is 7.89. The number of likely N-dealkylation sites (tertiary alicyclic amines) is 1. The number of imidazole rings is 1. The third-order valence-electron chi connectivity index (χ3n) is 4.57. The lowest BCUT2D eigenvalue weighted by Crippen LogP contribution is -2.46. The van der Waals surface area contributed by atoms with Crippen LogP contribution in [0, 0.1) is 6.92 Å². The number of fused-ring (bicyclic) bond motifs is 1. The number of H-pyrrole nitrogens is 1. The fraction of sp³-hybridized carbons (Fsp3) is 0.438. The van der Waals surface area contributed by atoms with Crippen molar-refractivity contribution in [1.29, 1.82) is 0 Å². The summed E-state index contributed by atoms with van der Waals surface area (Å²) in [6.45, 7) is 4.29. The molecule has 7 heteroatoms. The van der Waals surface area contributed by atoms with Crippen LogP contribution in [0.1, 0.15) is 29.9 Å². The second-order valence-electron chi connectivity index (χ2n) is 6.33. The highest BCUT2D eigenvalue weighted by molar-refractivity contribution is 5.41. The van der Waals surface area contributed by atoms with Gasteiger partial charge >= 0.3 is 0 Å². The summed E-state index contributed by atoms with van der Waals surface area (Å²) in [6, 6.07) is 6.10. The monoisotopic (exact) mass is 312 g/mol. The maximum atomic E-state index is 10.9. The summed E-state index contributed by atoms with van der Waals surface area (Å²) >= 11 is 0. The highest BCUT2D eigenvalue weighted by Gasteiger charge is 2.37. The summed E-state index contributed by atoms with van der Waals surface area (Å²) in [5.41, 5.74) is 2.83. The highest BCUT2D eigenvalue weighted by atomic mass is 16.3. The number of aromatic amines is 1. The Labute approximate surface area is 134 Å². The van der Waals surface area contributed by atoms with E-state index >= 15 is 0 Å². The van der Waals surface area contributed by atoms with Gasteiger partial charge in [0.15, 0.2) is 0 Å². The van der Waals surface area contributed by atoms with E-state index in [2.05, 4.69) is 48.9 Å². The summed E-state index contributed by atoms with van der Waals surface area (Å²) in [5.74, 6) is 0. The van der Waals surface area contributed by atoms with Crippen LogP contribution < -0.4 is 0 Å². The number of aliphatic hydroxyl groups is 1. The molecular weight excluding hydrogens is 292 g/mol. The summed E-state index contributed by atoms with van der Waals surface area (Å²) in [4.78, 5) is 6.92. The molecule has 4 rings (SSSR count). The van der Waals surface area contributed by atoms with Crippen LogP contribution in [0.5, 0.6) is 0 Å². The molecule has 0 spiro atoms. The SMILES string of the molecule is Cc1cccc2nc(CN3CCCC(O)(c4cn[nH]n4)C3)cn12. The Hall–Kier alpha value is -2.25. The van der Waals surface area contributed by atoms with Crippen molar-refractivity contribution >= 4 is 5.65 Å². The van der Waals surface area contributed by atoms with Crippen LogP contribution in [-0.2, 0) is 12.1 Å². The van der Waals surface area contributed by atoms with Crippen molar-refractivity contribution in [3.8, 4) is 0 Å². The van der Waals surface area contributed by atoms with E-state index in [4.69, 9.17) is 0 Å². The Morgan fingerprint density at radius 2 is 2.30 bits per heavy atom. The zero-order valence-electron chi connectivity index (χ0n) is 13.1. The van der Waals surface area contributed by atoms with E-state index in [1.807, 2.05) is 12.1 Å². The highest BCUT2D eigenvalue weighted by Crippen LogP contribution is 2.30. The number of β-amino-alcohol motifs (C(OH)–C–C–N with tert-alkyl or cyclic N) is 1. The molecule has 0 bridgehead atoms. The van der Waals surface area contributed by atoms with E-state index in [1.54, 1.807) is 6.20 Å². The van der Waals surface area contributed by atoms with Gasteiger partial charge in [-0.25, -0.2) is 4.98 Å². The lowest BCUT2D eigenvalue weighted by molar-refractivity contribution is -0.0416. The molecule has 1 aliphatic rings. The van der Waals surface area contributed by atoms with Crippen LogP contribution in [0.4, 0.5) is 0 Å². The molecule has 1 saturated heterocycles. The molecule has 0 aliphatic carbocycles. The molecule has 3 aromatic heterocycles. The average molecular weight is 312 g/mol. The molecule has 0 saturated carbocycles. The fourth-order valence-corrected chi connectivity index (χ4v) is 3.40. The van der Waals surface area contributed by atoms with Crippen LogP contribution in [-0.4, -0.2) is 47.9 Å². The van der Waals surface area contributed by atoms with Crippen LogP contribution in [0.25, 0.3) is 5.65 Å². The van der Waals surface area contributed by atoms with E-state index in [1.165, 1.54) is 5.69 Å². The van der Waals surface area contributed by atoms with Crippen molar-refractivity contribution in [2.24, 2.45) is 0 Å². The van der Waals surface area contributed by atoms with Crippen molar-refractivity contribution in [2.45, 2.75) is 31.9 Å². The molecule has 0 radical (unpaired) electrons. The van der Waals surface area contributed by atoms with E-state index in [0.717, 1.165) is 30.9 Å². The van der Waals surface area contributed by atoms with Crippen LogP contribution in [0.15, 0.2) is 30.6 Å². The zero-order chi connectivity index (χ0) is 15.9. The minimum atomic E-state index is -0.930. The number of hydrogen-bond donors (Lipinski definition) is 2. The van der Waals surface area contributed by atoms with E-state index in [0.29, 0.717) is 18.7 Å². The van der Waals surface area contributed by atoms with Crippen LogP contribution in [0.2, 0.25) is 0 Å². The maximum Gasteiger partial charge on any atom is 0.137 e. The van der Waals surface area contributed by atoms with E-state index in [-0.39, 0.29) is 0 Å².